The first-order valence-corrected chi connectivity index (χ1v) is 6.24. The average Bonchev–Trinajstić information content (AvgIpc) is 3.02. The Morgan fingerprint density at radius 2 is 2.19 bits per heavy atom. The van der Waals surface area contributed by atoms with Crippen molar-refractivity contribution in [2.45, 2.75) is 24.9 Å². The summed E-state index contributed by atoms with van der Waals surface area (Å²) >= 11 is 3.45. The summed E-state index contributed by atoms with van der Waals surface area (Å²) in [5.74, 6) is 0.687. The quantitative estimate of drug-likeness (QED) is 0.897. The van der Waals surface area contributed by atoms with Crippen LogP contribution in [-0.4, -0.2) is 28.4 Å². The van der Waals surface area contributed by atoms with Gasteiger partial charge in [-0.15, -0.1) is 0 Å². The molecule has 1 unspecified atom stereocenters. The van der Waals surface area contributed by atoms with Gasteiger partial charge in [-0.05, 0) is 40.4 Å². The minimum absolute atomic E-state index is 0.275. The maximum atomic E-state index is 5.93. The molecule has 5 heteroatoms. The molecule has 2 aliphatic rings. The third kappa shape index (κ3) is 1.69. The molecule has 0 aromatic carbocycles. The lowest BCUT2D eigenvalue weighted by molar-refractivity contribution is 0.337. The standard InChI is InChI=1S/C11H13BrN4/c12-8-3-7(4-14-5-8)10-6-15-11(13)16(10)9-1-2-9/h3-5,9-10H,1-2,6H2,(H2,13,15). The van der Waals surface area contributed by atoms with Gasteiger partial charge in [0, 0.05) is 22.9 Å². The highest BCUT2D eigenvalue weighted by atomic mass is 79.9. The number of nitrogens with two attached hydrogens (primary N) is 1. The van der Waals surface area contributed by atoms with Gasteiger partial charge in [-0.2, -0.15) is 0 Å². The Kier molecular flexibility index (Phi) is 2.35. The Bertz CT molecular complexity index is 441. The number of hydrogen-bond donors (Lipinski definition) is 1. The summed E-state index contributed by atoms with van der Waals surface area (Å²) in [6.45, 7) is 0.750. The molecular weight excluding hydrogens is 268 g/mol. The van der Waals surface area contributed by atoms with Crippen molar-refractivity contribution in [2.24, 2.45) is 10.7 Å². The molecule has 0 radical (unpaired) electrons. The molecule has 84 valence electrons. The lowest BCUT2D eigenvalue weighted by Crippen LogP contribution is -2.37. The predicted molar refractivity (Wildman–Crippen MR) is 66.0 cm³/mol. The van der Waals surface area contributed by atoms with Crippen LogP contribution in [-0.2, 0) is 0 Å². The van der Waals surface area contributed by atoms with E-state index in [4.69, 9.17) is 5.73 Å². The lowest BCUT2D eigenvalue weighted by Gasteiger charge is -2.26. The minimum Gasteiger partial charge on any atom is -0.370 e. The highest BCUT2D eigenvalue weighted by Crippen LogP contribution is 2.37. The average molecular weight is 281 g/mol. The number of aromatic nitrogens is 1. The fraction of sp³-hybridized carbons (Fsp3) is 0.455. The van der Waals surface area contributed by atoms with Crippen molar-refractivity contribution in [3.05, 3.63) is 28.5 Å². The Morgan fingerprint density at radius 1 is 1.38 bits per heavy atom. The van der Waals surface area contributed by atoms with E-state index < -0.39 is 0 Å². The van der Waals surface area contributed by atoms with Crippen molar-refractivity contribution >= 4 is 21.9 Å². The van der Waals surface area contributed by atoms with Crippen LogP contribution in [0.5, 0.6) is 0 Å². The molecule has 2 heterocycles. The van der Waals surface area contributed by atoms with E-state index in [0.717, 1.165) is 11.0 Å². The molecule has 1 atom stereocenters. The fourth-order valence-electron chi connectivity index (χ4n) is 2.18. The molecule has 0 amide bonds. The van der Waals surface area contributed by atoms with Gasteiger partial charge in [0.1, 0.15) is 0 Å². The molecule has 0 bridgehead atoms. The maximum absolute atomic E-state index is 5.93. The molecule has 1 aromatic heterocycles. The van der Waals surface area contributed by atoms with Crippen molar-refractivity contribution in [1.29, 1.82) is 0 Å². The van der Waals surface area contributed by atoms with Gasteiger partial charge in [0.25, 0.3) is 0 Å². The zero-order chi connectivity index (χ0) is 11.1. The first-order chi connectivity index (χ1) is 7.75. The summed E-state index contributed by atoms with van der Waals surface area (Å²) in [6, 6.07) is 2.97. The molecule has 2 N–H and O–H groups in total. The fourth-order valence-corrected chi connectivity index (χ4v) is 2.56. The van der Waals surface area contributed by atoms with Crippen molar-refractivity contribution in [3.8, 4) is 0 Å². The molecule has 1 aliphatic heterocycles. The largest absolute Gasteiger partial charge is 0.370 e. The molecule has 1 fully saturated rings. The molecule has 0 spiro atoms. The zero-order valence-corrected chi connectivity index (χ0v) is 10.4. The summed E-state index contributed by atoms with van der Waals surface area (Å²) in [7, 11) is 0. The van der Waals surface area contributed by atoms with Crippen molar-refractivity contribution < 1.29 is 0 Å². The van der Waals surface area contributed by atoms with E-state index in [1.54, 1.807) is 6.20 Å². The van der Waals surface area contributed by atoms with E-state index >= 15 is 0 Å². The summed E-state index contributed by atoms with van der Waals surface area (Å²) < 4.78 is 1.01. The van der Waals surface area contributed by atoms with Crippen LogP contribution < -0.4 is 5.73 Å². The van der Waals surface area contributed by atoms with Crippen molar-refractivity contribution in [2.75, 3.05) is 6.54 Å². The van der Waals surface area contributed by atoms with Crippen LogP contribution in [0.1, 0.15) is 24.4 Å². The molecule has 16 heavy (non-hydrogen) atoms. The topological polar surface area (TPSA) is 54.5 Å². The third-order valence-electron chi connectivity index (χ3n) is 3.08. The van der Waals surface area contributed by atoms with E-state index in [1.807, 2.05) is 6.20 Å². The van der Waals surface area contributed by atoms with Gasteiger partial charge in [0.2, 0.25) is 0 Å². The van der Waals surface area contributed by atoms with Crippen LogP contribution in [0.4, 0.5) is 0 Å². The van der Waals surface area contributed by atoms with E-state index in [-0.39, 0.29) is 6.04 Å². The predicted octanol–water partition coefficient (Wildman–Crippen LogP) is 1.68. The Balaban J connectivity index is 1.90. The monoisotopic (exact) mass is 280 g/mol. The van der Waals surface area contributed by atoms with Gasteiger partial charge in [-0.3, -0.25) is 9.98 Å². The normalized spacial score (nSPS) is 24.7. The highest BCUT2D eigenvalue weighted by molar-refractivity contribution is 9.10. The number of rotatable bonds is 2. The van der Waals surface area contributed by atoms with Crippen molar-refractivity contribution in [1.82, 2.24) is 9.88 Å². The Morgan fingerprint density at radius 3 is 2.88 bits per heavy atom. The van der Waals surface area contributed by atoms with Crippen LogP contribution in [0.15, 0.2) is 27.9 Å². The number of pyridine rings is 1. The summed E-state index contributed by atoms with van der Waals surface area (Å²) in [5.41, 5.74) is 7.12. The smallest absolute Gasteiger partial charge is 0.192 e. The number of hydrogen-bond acceptors (Lipinski definition) is 4. The van der Waals surface area contributed by atoms with E-state index in [9.17, 15) is 0 Å². The second-order valence-corrected chi connectivity index (χ2v) is 5.21. The van der Waals surface area contributed by atoms with Gasteiger partial charge < -0.3 is 10.6 Å². The number of nitrogens with zero attached hydrogens (tertiary/aromatic N) is 3. The second kappa shape index (κ2) is 3.73. The molecule has 1 saturated carbocycles. The van der Waals surface area contributed by atoms with Crippen molar-refractivity contribution in [3.63, 3.8) is 0 Å². The summed E-state index contributed by atoms with van der Waals surface area (Å²) in [6.07, 6.45) is 6.16. The molecule has 0 saturated heterocycles. The van der Waals surface area contributed by atoms with Crippen LogP contribution in [0.2, 0.25) is 0 Å². The van der Waals surface area contributed by atoms with Crippen LogP contribution in [0, 0.1) is 0 Å². The summed E-state index contributed by atoms with van der Waals surface area (Å²) in [4.78, 5) is 10.8. The van der Waals surface area contributed by atoms with Gasteiger partial charge in [-0.25, -0.2) is 0 Å². The first-order valence-electron chi connectivity index (χ1n) is 5.44. The molecule has 1 aliphatic carbocycles. The summed E-state index contributed by atoms with van der Waals surface area (Å²) in [5, 5.41) is 0. The molecule has 3 rings (SSSR count). The minimum atomic E-state index is 0.275. The number of guanidine groups is 1. The lowest BCUT2D eigenvalue weighted by atomic mass is 10.1. The second-order valence-electron chi connectivity index (χ2n) is 4.29. The first kappa shape index (κ1) is 10.1. The number of aliphatic imine (C=N–C) groups is 1. The molecule has 4 nitrogen and oxygen atoms in total. The van der Waals surface area contributed by atoms with E-state index in [0.29, 0.717) is 12.0 Å². The van der Waals surface area contributed by atoms with Crippen LogP contribution in [0.3, 0.4) is 0 Å². The van der Waals surface area contributed by atoms with Gasteiger partial charge in [0.15, 0.2) is 5.96 Å². The molecule has 1 aromatic rings. The Hall–Kier alpha value is -1.10. The van der Waals surface area contributed by atoms with Gasteiger partial charge in [0.05, 0.1) is 12.6 Å². The maximum Gasteiger partial charge on any atom is 0.192 e. The van der Waals surface area contributed by atoms with Crippen LogP contribution in [0.25, 0.3) is 0 Å². The van der Waals surface area contributed by atoms with E-state index in [2.05, 4.69) is 36.9 Å². The van der Waals surface area contributed by atoms with E-state index in [1.165, 1.54) is 18.4 Å². The Labute approximate surface area is 103 Å². The van der Waals surface area contributed by atoms with Gasteiger partial charge >= 0.3 is 0 Å². The zero-order valence-electron chi connectivity index (χ0n) is 8.81. The third-order valence-corrected chi connectivity index (χ3v) is 3.51. The number of halogens is 1. The van der Waals surface area contributed by atoms with Gasteiger partial charge in [-0.1, -0.05) is 0 Å². The highest BCUT2D eigenvalue weighted by Gasteiger charge is 2.38. The van der Waals surface area contributed by atoms with Crippen LogP contribution >= 0.6 is 15.9 Å². The SMILES string of the molecule is NC1=NCC(c2cncc(Br)c2)N1C1CC1. The molecular formula is C11H13BrN4.